The fraction of sp³-hybridized carbons (Fsp3) is 0.300. The van der Waals surface area contributed by atoms with Crippen molar-refractivity contribution in [2.45, 2.75) is 4.90 Å². The highest BCUT2D eigenvalue weighted by atomic mass is 32.2. The molecule has 0 radical (unpaired) electrons. The van der Waals surface area contributed by atoms with Gasteiger partial charge in [-0.2, -0.15) is 4.31 Å². The fourth-order valence-electron chi connectivity index (χ4n) is 1.28. The van der Waals surface area contributed by atoms with Crippen LogP contribution in [0, 0.1) is 12.3 Å². The van der Waals surface area contributed by atoms with Crippen molar-refractivity contribution in [1.29, 1.82) is 0 Å². The second-order valence-electron chi connectivity index (χ2n) is 3.44. The smallest absolute Gasteiger partial charge is 0.352 e. The third-order valence-electron chi connectivity index (χ3n) is 2.22. The quantitative estimate of drug-likeness (QED) is 0.768. The van der Waals surface area contributed by atoms with Crippen LogP contribution < -0.4 is 0 Å². The number of aryl methyl sites for hydroxylation is 1. The third-order valence-corrected chi connectivity index (χ3v) is 3.99. The third kappa shape index (κ3) is 2.49. The van der Waals surface area contributed by atoms with Gasteiger partial charge in [-0.05, 0) is 6.07 Å². The van der Waals surface area contributed by atoms with Crippen molar-refractivity contribution >= 4 is 16.0 Å². The molecule has 0 saturated heterocycles. The lowest BCUT2D eigenvalue weighted by molar-refractivity contribution is 0.0686. The number of carboxylic acids is 1. The Morgan fingerprint density at radius 2 is 2.24 bits per heavy atom. The number of hydrogen-bond donors (Lipinski definition) is 1. The van der Waals surface area contributed by atoms with E-state index in [0.29, 0.717) is 0 Å². The molecule has 0 aliphatic heterocycles. The predicted octanol–water partition coefficient (Wildman–Crippen LogP) is -0.0230. The van der Waals surface area contributed by atoms with Crippen molar-refractivity contribution in [3.8, 4) is 12.3 Å². The molecule has 0 unspecified atom stereocenters. The highest BCUT2D eigenvalue weighted by Crippen LogP contribution is 2.17. The highest BCUT2D eigenvalue weighted by molar-refractivity contribution is 7.89. The summed E-state index contributed by atoms with van der Waals surface area (Å²) >= 11 is 0. The molecule has 0 saturated carbocycles. The van der Waals surface area contributed by atoms with E-state index in [1.54, 1.807) is 0 Å². The van der Waals surface area contributed by atoms with Crippen LogP contribution in [0.4, 0.5) is 0 Å². The first-order valence-corrected chi connectivity index (χ1v) is 6.04. The Morgan fingerprint density at radius 1 is 1.65 bits per heavy atom. The zero-order chi connectivity index (χ0) is 13.2. The summed E-state index contributed by atoms with van der Waals surface area (Å²) in [4.78, 5) is 10.7. The number of sulfonamides is 1. The number of terminal acetylenes is 1. The van der Waals surface area contributed by atoms with Crippen LogP contribution in [-0.2, 0) is 17.1 Å². The van der Waals surface area contributed by atoms with Crippen LogP contribution in [0.3, 0.4) is 0 Å². The number of aromatic nitrogens is 1. The van der Waals surface area contributed by atoms with E-state index in [0.717, 1.165) is 10.4 Å². The Bertz CT molecular complexity index is 580. The number of carbonyl (C=O) groups is 1. The van der Waals surface area contributed by atoms with E-state index < -0.39 is 16.0 Å². The maximum atomic E-state index is 11.9. The molecule has 1 aromatic rings. The number of carboxylic acid groups (broad SMARTS) is 1. The minimum absolute atomic E-state index is 0.0698. The molecule has 0 atom stereocenters. The number of aromatic carboxylic acids is 1. The van der Waals surface area contributed by atoms with Crippen LogP contribution >= 0.6 is 0 Å². The Balaban J connectivity index is 3.22. The van der Waals surface area contributed by atoms with Gasteiger partial charge < -0.3 is 9.67 Å². The van der Waals surface area contributed by atoms with Gasteiger partial charge in [0.25, 0.3) is 0 Å². The van der Waals surface area contributed by atoms with Gasteiger partial charge in [-0.3, -0.25) is 0 Å². The largest absolute Gasteiger partial charge is 0.477 e. The standard InChI is InChI=1S/C10H12N2O4S/c1-4-5-12(3)17(15,16)8-6-9(10(13)14)11(2)7-8/h1,6-7H,5H2,2-3H3,(H,13,14). The summed E-state index contributed by atoms with van der Waals surface area (Å²) in [6.07, 6.45) is 6.27. The van der Waals surface area contributed by atoms with E-state index in [2.05, 4.69) is 5.92 Å². The van der Waals surface area contributed by atoms with Crippen LogP contribution in [0.25, 0.3) is 0 Å². The van der Waals surface area contributed by atoms with Crippen molar-refractivity contribution in [2.75, 3.05) is 13.6 Å². The van der Waals surface area contributed by atoms with E-state index in [-0.39, 0.29) is 17.1 Å². The molecule has 0 aliphatic rings. The van der Waals surface area contributed by atoms with Gasteiger partial charge in [0.05, 0.1) is 6.54 Å². The monoisotopic (exact) mass is 256 g/mol. The molecule has 0 fully saturated rings. The topological polar surface area (TPSA) is 79.6 Å². The SMILES string of the molecule is C#CCN(C)S(=O)(=O)c1cc(C(=O)O)n(C)c1. The van der Waals surface area contributed by atoms with E-state index in [4.69, 9.17) is 11.5 Å². The molecular formula is C10H12N2O4S. The van der Waals surface area contributed by atoms with Crippen LogP contribution in [0.5, 0.6) is 0 Å². The molecule has 1 heterocycles. The minimum atomic E-state index is -3.73. The van der Waals surface area contributed by atoms with Gasteiger partial charge in [0.15, 0.2) is 0 Å². The number of hydrogen-bond acceptors (Lipinski definition) is 3. The molecule has 1 rings (SSSR count). The molecule has 0 aliphatic carbocycles. The van der Waals surface area contributed by atoms with Crippen molar-refractivity contribution in [1.82, 2.24) is 8.87 Å². The molecule has 17 heavy (non-hydrogen) atoms. The van der Waals surface area contributed by atoms with Gasteiger partial charge in [0.2, 0.25) is 10.0 Å². The average molecular weight is 256 g/mol. The molecular weight excluding hydrogens is 244 g/mol. The summed E-state index contributed by atoms with van der Waals surface area (Å²) < 4.78 is 26.1. The molecule has 6 nitrogen and oxygen atoms in total. The summed E-state index contributed by atoms with van der Waals surface area (Å²) in [6.45, 7) is -0.0698. The van der Waals surface area contributed by atoms with Crippen LogP contribution in [0.15, 0.2) is 17.2 Å². The molecule has 0 bridgehead atoms. The van der Waals surface area contributed by atoms with Crippen LogP contribution in [0.2, 0.25) is 0 Å². The van der Waals surface area contributed by atoms with Gasteiger partial charge in [-0.15, -0.1) is 6.42 Å². The van der Waals surface area contributed by atoms with Crippen molar-refractivity contribution in [2.24, 2.45) is 7.05 Å². The Labute approximate surface area is 99.5 Å². The van der Waals surface area contributed by atoms with Gasteiger partial charge in [-0.25, -0.2) is 13.2 Å². The number of nitrogens with zero attached hydrogens (tertiary/aromatic N) is 2. The van der Waals surface area contributed by atoms with E-state index in [9.17, 15) is 13.2 Å². The highest BCUT2D eigenvalue weighted by Gasteiger charge is 2.23. The van der Waals surface area contributed by atoms with Crippen molar-refractivity contribution in [3.63, 3.8) is 0 Å². The number of rotatable bonds is 4. The maximum Gasteiger partial charge on any atom is 0.352 e. The maximum absolute atomic E-state index is 11.9. The van der Waals surface area contributed by atoms with E-state index in [1.807, 2.05) is 0 Å². The first-order chi connectivity index (χ1) is 7.80. The molecule has 7 heteroatoms. The van der Waals surface area contributed by atoms with Crippen molar-refractivity contribution < 1.29 is 18.3 Å². The lowest BCUT2D eigenvalue weighted by Gasteiger charge is -2.12. The Hall–Kier alpha value is -1.78. The predicted molar refractivity (Wildman–Crippen MR) is 61.0 cm³/mol. The van der Waals surface area contributed by atoms with Crippen molar-refractivity contribution in [3.05, 3.63) is 18.0 Å². The second kappa shape index (κ2) is 4.61. The van der Waals surface area contributed by atoms with E-state index in [1.165, 1.54) is 24.9 Å². The Morgan fingerprint density at radius 3 is 2.65 bits per heavy atom. The zero-order valence-electron chi connectivity index (χ0n) is 9.41. The van der Waals surface area contributed by atoms with Gasteiger partial charge in [-0.1, -0.05) is 5.92 Å². The summed E-state index contributed by atoms with van der Waals surface area (Å²) in [5.74, 6) is 1.02. The first-order valence-electron chi connectivity index (χ1n) is 4.60. The van der Waals surface area contributed by atoms with Gasteiger partial charge >= 0.3 is 5.97 Å². The summed E-state index contributed by atoms with van der Waals surface area (Å²) in [6, 6.07) is 1.10. The normalized spacial score (nSPS) is 11.4. The summed E-state index contributed by atoms with van der Waals surface area (Å²) in [7, 11) is -0.932. The first kappa shape index (κ1) is 13.3. The molecule has 1 N–H and O–H groups in total. The summed E-state index contributed by atoms with van der Waals surface area (Å²) in [5.41, 5.74) is -0.0994. The average Bonchev–Trinajstić information content (AvgIpc) is 2.61. The second-order valence-corrected chi connectivity index (χ2v) is 5.49. The molecule has 92 valence electrons. The lowest BCUT2D eigenvalue weighted by atomic mass is 10.4. The lowest BCUT2D eigenvalue weighted by Crippen LogP contribution is -2.26. The van der Waals surface area contributed by atoms with Crippen LogP contribution in [-0.4, -0.2) is 42.0 Å². The molecule has 0 amide bonds. The Kier molecular flexibility index (Phi) is 3.60. The van der Waals surface area contributed by atoms with Crippen LogP contribution in [0.1, 0.15) is 10.5 Å². The molecule has 1 aromatic heterocycles. The minimum Gasteiger partial charge on any atom is -0.477 e. The van der Waals surface area contributed by atoms with E-state index >= 15 is 0 Å². The summed E-state index contributed by atoms with van der Waals surface area (Å²) in [5, 5.41) is 8.83. The zero-order valence-corrected chi connectivity index (χ0v) is 10.2. The fourth-order valence-corrected chi connectivity index (χ4v) is 2.44. The van der Waals surface area contributed by atoms with Gasteiger partial charge in [0.1, 0.15) is 10.6 Å². The molecule has 0 aromatic carbocycles. The van der Waals surface area contributed by atoms with Gasteiger partial charge in [0, 0.05) is 20.3 Å². The molecule has 0 spiro atoms.